The highest BCUT2D eigenvalue weighted by atomic mass is 35.6. The van der Waals surface area contributed by atoms with Crippen LogP contribution in [0.5, 0.6) is 11.5 Å². The molecule has 1 aliphatic heterocycles. The van der Waals surface area contributed by atoms with E-state index < -0.39 is 15.9 Å². The maximum absolute atomic E-state index is 12.9. The van der Waals surface area contributed by atoms with E-state index in [1.807, 2.05) is 30.3 Å². The largest absolute Gasteiger partial charge is 0.497 e. The molecular formula is C27H21Cl3N2O4S2. The van der Waals surface area contributed by atoms with Crippen molar-refractivity contribution in [3.8, 4) is 11.5 Å². The monoisotopic (exact) mass is 606 g/mol. The number of halogens is 3. The maximum atomic E-state index is 12.9. The van der Waals surface area contributed by atoms with Gasteiger partial charge in [0.05, 0.1) is 18.6 Å². The number of carbonyl (C=O) groups is 2. The smallest absolute Gasteiger partial charge is 0.266 e. The highest BCUT2D eigenvalue weighted by molar-refractivity contribution is 8.26. The Labute approximate surface area is 244 Å². The van der Waals surface area contributed by atoms with Gasteiger partial charge in [0.1, 0.15) is 15.8 Å². The first-order chi connectivity index (χ1) is 18.1. The molecule has 0 aromatic heterocycles. The number of carbonyl (C=O) groups excluding carboxylic acids is 2. The summed E-state index contributed by atoms with van der Waals surface area (Å²) in [6.45, 7) is 0.413. The second kappa shape index (κ2) is 12.4. The molecule has 1 atom stereocenters. The van der Waals surface area contributed by atoms with E-state index in [1.165, 1.54) is 18.9 Å². The lowest BCUT2D eigenvalue weighted by molar-refractivity contribution is -0.122. The van der Waals surface area contributed by atoms with Crippen molar-refractivity contribution in [3.63, 3.8) is 0 Å². The molecule has 0 unspecified atom stereocenters. The van der Waals surface area contributed by atoms with E-state index in [2.05, 4.69) is 5.32 Å². The van der Waals surface area contributed by atoms with Crippen LogP contribution >= 0.6 is 58.8 Å². The molecule has 2 amide bonds. The van der Waals surface area contributed by atoms with Gasteiger partial charge in [0.25, 0.3) is 11.8 Å². The molecule has 11 heteroatoms. The number of amides is 2. The topological polar surface area (TPSA) is 67.9 Å². The molecule has 196 valence electrons. The number of hydrogen-bond acceptors (Lipinski definition) is 6. The van der Waals surface area contributed by atoms with E-state index >= 15 is 0 Å². The summed E-state index contributed by atoms with van der Waals surface area (Å²) in [7, 11) is 1.53. The molecule has 0 spiro atoms. The molecular weight excluding hydrogens is 587 g/mol. The average Bonchev–Trinajstić information content (AvgIpc) is 3.16. The third-order valence-corrected chi connectivity index (χ3v) is 7.37. The minimum atomic E-state index is -1.95. The first-order valence-electron chi connectivity index (χ1n) is 11.2. The van der Waals surface area contributed by atoms with Crippen LogP contribution < -0.4 is 14.8 Å². The summed E-state index contributed by atoms with van der Waals surface area (Å²) >= 11 is 24.9. The first kappa shape index (κ1) is 28.3. The molecule has 3 aromatic carbocycles. The van der Waals surface area contributed by atoms with Crippen LogP contribution in [0.25, 0.3) is 6.08 Å². The number of alkyl halides is 3. The molecule has 3 aromatic rings. The van der Waals surface area contributed by atoms with Crippen molar-refractivity contribution >= 4 is 81.0 Å². The maximum Gasteiger partial charge on any atom is 0.266 e. The van der Waals surface area contributed by atoms with Gasteiger partial charge in [-0.05, 0) is 53.6 Å². The van der Waals surface area contributed by atoms with Gasteiger partial charge < -0.3 is 14.8 Å². The lowest BCUT2D eigenvalue weighted by Gasteiger charge is -2.26. The molecule has 1 N–H and O–H groups in total. The van der Waals surface area contributed by atoms with E-state index in [4.69, 9.17) is 56.5 Å². The number of nitrogens with zero attached hydrogens (tertiary/aromatic N) is 1. The molecule has 1 aliphatic rings. The van der Waals surface area contributed by atoms with E-state index in [9.17, 15) is 9.59 Å². The average molecular weight is 608 g/mol. The lowest BCUT2D eigenvalue weighted by Crippen LogP contribution is -2.47. The Hall–Kier alpha value is -2.75. The molecule has 1 fully saturated rings. The summed E-state index contributed by atoms with van der Waals surface area (Å²) < 4.78 is 9.44. The van der Waals surface area contributed by atoms with Gasteiger partial charge in [0, 0.05) is 5.56 Å². The third kappa shape index (κ3) is 7.21. The van der Waals surface area contributed by atoms with Crippen LogP contribution in [-0.4, -0.2) is 38.2 Å². The zero-order chi connectivity index (χ0) is 27.3. The Morgan fingerprint density at radius 2 is 1.66 bits per heavy atom. The number of methoxy groups -OCH3 is 1. The normalized spacial score (nSPS) is 15.5. The fourth-order valence-corrected chi connectivity index (χ4v) is 5.01. The number of benzene rings is 3. The second-order valence-electron chi connectivity index (χ2n) is 8.06. The van der Waals surface area contributed by atoms with Crippen LogP contribution in [-0.2, 0) is 11.3 Å². The predicted molar refractivity (Wildman–Crippen MR) is 157 cm³/mol. The predicted octanol–water partition coefficient (Wildman–Crippen LogP) is 6.60. The Kier molecular flexibility index (Phi) is 9.23. The number of hydrogen-bond donors (Lipinski definition) is 1. The highest BCUT2D eigenvalue weighted by Crippen LogP contribution is 2.35. The number of nitrogens with one attached hydrogen (secondary N) is 1. The van der Waals surface area contributed by atoms with Crippen LogP contribution in [0.1, 0.15) is 21.5 Å². The molecule has 1 saturated heterocycles. The van der Waals surface area contributed by atoms with Crippen molar-refractivity contribution in [3.05, 3.63) is 100 Å². The van der Waals surface area contributed by atoms with Crippen LogP contribution in [0, 0.1) is 0 Å². The molecule has 1 heterocycles. The zero-order valence-electron chi connectivity index (χ0n) is 19.9. The SMILES string of the molecule is COc1ccc(C(=O)N[C@H](Oc2ccc(/C=C3\SC(=S)N(Cc4ccccc4)C3=O)cc2)C(Cl)(Cl)Cl)cc1. The standard InChI is InChI=1S/C27H21Cl3N2O4S2/c1-35-20-13-9-19(10-14-20)23(33)31-25(27(28,29)30)36-21-11-7-17(8-12-21)15-22-24(34)32(26(37)38-22)16-18-5-3-2-4-6-18/h2-15,25H,16H2,1H3,(H,31,33)/b22-15-/t25-/m1/s1. The van der Waals surface area contributed by atoms with E-state index in [-0.39, 0.29) is 5.91 Å². The van der Waals surface area contributed by atoms with Crippen molar-refractivity contribution in [2.45, 2.75) is 16.6 Å². The van der Waals surface area contributed by atoms with Crippen molar-refractivity contribution in [1.29, 1.82) is 0 Å². The van der Waals surface area contributed by atoms with Crippen molar-refractivity contribution < 1.29 is 19.1 Å². The molecule has 38 heavy (non-hydrogen) atoms. The van der Waals surface area contributed by atoms with E-state index in [1.54, 1.807) is 59.5 Å². The molecule has 4 rings (SSSR count). The summed E-state index contributed by atoms with van der Waals surface area (Å²) in [5.41, 5.74) is 2.09. The van der Waals surface area contributed by atoms with Gasteiger partial charge in [-0.3, -0.25) is 14.5 Å². The van der Waals surface area contributed by atoms with Crippen molar-refractivity contribution in [2.75, 3.05) is 7.11 Å². The summed E-state index contributed by atoms with van der Waals surface area (Å²) in [5, 5.41) is 2.59. The van der Waals surface area contributed by atoms with Gasteiger partial charge >= 0.3 is 0 Å². The van der Waals surface area contributed by atoms with Crippen LogP contribution in [0.15, 0.2) is 83.8 Å². The number of thioether (sulfide) groups is 1. The van der Waals surface area contributed by atoms with Gasteiger partial charge in [0.2, 0.25) is 10.0 Å². The Bertz CT molecular complexity index is 1350. The minimum Gasteiger partial charge on any atom is -0.497 e. The molecule has 0 radical (unpaired) electrons. The number of rotatable bonds is 8. The molecule has 0 aliphatic carbocycles. The Morgan fingerprint density at radius 3 is 2.26 bits per heavy atom. The van der Waals surface area contributed by atoms with Crippen LogP contribution in [0.4, 0.5) is 0 Å². The molecule has 0 bridgehead atoms. The van der Waals surface area contributed by atoms with Gasteiger partial charge in [0.15, 0.2) is 0 Å². The summed E-state index contributed by atoms with van der Waals surface area (Å²) in [4.78, 5) is 27.7. The quantitative estimate of drug-likeness (QED) is 0.135. The summed E-state index contributed by atoms with van der Waals surface area (Å²) in [6.07, 6.45) is 0.480. The minimum absolute atomic E-state index is 0.151. The molecule has 0 saturated carbocycles. The highest BCUT2D eigenvalue weighted by Gasteiger charge is 2.36. The Balaban J connectivity index is 1.43. The third-order valence-electron chi connectivity index (χ3n) is 5.40. The number of ether oxygens (including phenoxy) is 2. The zero-order valence-corrected chi connectivity index (χ0v) is 23.8. The van der Waals surface area contributed by atoms with Crippen LogP contribution in [0.3, 0.4) is 0 Å². The van der Waals surface area contributed by atoms with Crippen LogP contribution in [0.2, 0.25) is 0 Å². The van der Waals surface area contributed by atoms with Gasteiger partial charge in [-0.25, -0.2) is 0 Å². The van der Waals surface area contributed by atoms with E-state index in [0.717, 1.165) is 11.1 Å². The van der Waals surface area contributed by atoms with Gasteiger partial charge in [-0.15, -0.1) is 0 Å². The van der Waals surface area contributed by atoms with E-state index in [0.29, 0.717) is 32.8 Å². The first-order valence-corrected chi connectivity index (χ1v) is 13.6. The summed E-state index contributed by atoms with van der Waals surface area (Å²) in [6, 6.07) is 22.9. The van der Waals surface area contributed by atoms with Crippen molar-refractivity contribution in [1.82, 2.24) is 10.2 Å². The van der Waals surface area contributed by atoms with Crippen molar-refractivity contribution in [2.24, 2.45) is 0 Å². The summed E-state index contributed by atoms with van der Waals surface area (Å²) in [5.74, 6) is 0.319. The second-order valence-corrected chi connectivity index (χ2v) is 12.1. The molecule has 6 nitrogen and oxygen atoms in total. The fraction of sp³-hybridized carbons (Fsp3) is 0.148. The lowest BCUT2D eigenvalue weighted by atomic mass is 10.2. The number of thiocarbonyl (C=S) groups is 1. The van der Waals surface area contributed by atoms with Gasteiger partial charge in [-0.2, -0.15) is 0 Å². The fourth-order valence-electron chi connectivity index (χ4n) is 3.46. The van der Waals surface area contributed by atoms with Gasteiger partial charge in [-0.1, -0.05) is 101 Å². The Morgan fingerprint density at radius 1 is 1.03 bits per heavy atom.